The van der Waals surface area contributed by atoms with Crippen LogP contribution >= 0.6 is 11.6 Å². The summed E-state index contributed by atoms with van der Waals surface area (Å²) in [5.74, 6) is -0.568. The van der Waals surface area contributed by atoms with E-state index >= 15 is 0 Å². The number of rotatable bonds is 7. The number of hydrogen-bond acceptors (Lipinski definition) is 4. The predicted molar refractivity (Wildman–Crippen MR) is 74.7 cm³/mol. The van der Waals surface area contributed by atoms with E-state index < -0.39 is 16.0 Å². The first-order chi connectivity index (χ1) is 9.25. The maximum Gasteiger partial charge on any atom is 0.303 e. The SMILES string of the molecule is CN(C)S(=O)(=O)c1ccc(OCCCC(=O)O)c(Cl)c1. The Balaban J connectivity index is 2.77. The smallest absolute Gasteiger partial charge is 0.303 e. The summed E-state index contributed by atoms with van der Waals surface area (Å²) in [4.78, 5) is 10.4. The summed E-state index contributed by atoms with van der Waals surface area (Å²) >= 11 is 5.96. The molecule has 0 unspecified atom stereocenters. The Kier molecular flexibility index (Phi) is 5.79. The summed E-state index contributed by atoms with van der Waals surface area (Å²) in [5, 5.41) is 8.66. The van der Waals surface area contributed by atoms with Gasteiger partial charge in [0, 0.05) is 20.5 Å². The number of benzene rings is 1. The van der Waals surface area contributed by atoms with Crippen LogP contribution in [-0.2, 0) is 14.8 Å². The van der Waals surface area contributed by atoms with Gasteiger partial charge in [0.2, 0.25) is 10.0 Å². The lowest BCUT2D eigenvalue weighted by Crippen LogP contribution is -2.22. The number of nitrogens with zero attached hydrogens (tertiary/aromatic N) is 1. The second-order valence-corrected chi connectivity index (χ2v) is 6.78. The molecule has 0 bridgehead atoms. The molecule has 0 amide bonds. The fourth-order valence-electron chi connectivity index (χ4n) is 1.38. The average molecular weight is 322 g/mol. The number of halogens is 1. The maximum absolute atomic E-state index is 11.9. The third kappa shape index (κ3) is 4.36. The van der Waals surface area contributed by atoms with Crippen LogP contribution in [0.15, 0.2) is 23.1 Å². The van der Waals surface area contributed by atoms with Crippen molar-refractivity contribution in [1.29, 1.82) is 0 Å². The van der Waals surface area contributed by atoms with Gasteiger partial charge in [-0.15, -0.1) is 0 Å². The highest BCUT2D eigenvalue weighted by molar-refractivity contribution is 7.89. The second-order valence-electron chi connectivity index (χ2n) is 4.23. The Morgan fingerprint density at radius 1 is 1.40 bits per heavy atom. The molecule has 0 fully saturated rings. The molecule has 1 N–H and O–H groups in total. The zero-order chi connectivity index (χ0) is 15.3. The lowest BCUT2D eigenvalue weighted by Gasteiger charge is -2.13. The largest absolute Gasteiger partial charge is 0.492 e. The van der Waals surface area contributed by atoms with Crippen LogP contribution in [0.2, 0.25) is 5.02 Å². The van der Waals surface area contributed by atoms with Gasteiger partial charge >= 0.3 is 5.97 Å². The van der Waals surface area contributed by atoms with Crippen LogP contribution in [0.1, 0.15) is 12.8 Å². The summed E-state index contributed by atoms with van der Waals surface area (Å²) in [7, 11) is -0.677. The molecule has 0 saturated heterocycles. The molecule has 0 aliphatic carbocycles. The number of carboxylic acid groups (broad SMARTS) is 1. The fraction of sp³-hybridized carbons (Fsp3) is 0.417. The van der Waals surface area contributed by atoms with Gasteiger partial charge in [0.15, 0.2) is 0 Å². The Morgan fingerprint density at radius 3 is 2.55 bits per heavy atom. The van der Waals surface area contributed by atoms with E-state index in [-0.39, 0.29) is 22.9 Å². The van der Waals surface area contributed by atoms with E-state index in [4.69, 9.17) is 21.4 Å². The number of ether oxygens (including phenoxy) is 1. The standard InChI is InChI=1S/C12H16ClNO5S/c1-14(2)20(17,18)9-5-6-11(10(13)8-9)19-7-3-4-12(15)16/h5-6,8H,3-4,7H2,1-2H3,(H,15,16). The van der Waals surface area contributed by atoms with Gasteiger partial charge in [0.25, 0.3) is 0 Å². The highest BCUT2D eigenvalue weighted by Crippen LogP contribution is 2.28. The van der Waals surface area contributed by atoms with Crippen molar-refractivity contribution in [3.05, 3.63) is 23.2 Å². The molecule has 0 radical (unpaired) electrons. The topological polar surface area (TPSA) is 83.9 Å². The van der Waals surface area contributed by atoms with Crippen LogP contribution in [0, 0.1) is 0 Å². The van der Waals surface area contributed by atoms with E-state index in [1.165, 1.54) is 32.3 Å². The van der Waals surface area contributed by atoms with Crippen molar-refractivity contribution >= 4 is 27.6 Å². The van der Waals surface area contributed by atoms with Gasteiger partial charge in [0.05, 0.1) is 16.5 Å². The Hall–Kier alpha value is -1.31. The first-order valence-corrected chi connectivity index (χ1v) is 7.63. The molecule has 0 saturated carbocycles. The van der Waals surface area contributed by atoms with E-state index in [1.54, 1.807) is 0 Å². The van der Waals surface area contributed by atoms with E-state index in [2.05, 4.69) is 0 Å². The molecule has 1 aromatic rings. The average Bonchev–Trinajstić information content (AvgIpc) is 2.35. The fourth-order valence-corrected chi connectivity index (χ4v) is 2.60. The maximum atomic E-state index is 11.9. The lowest BCUT2D eigenvalue weighted by atomic mass is 10.3. The van der Waals surface area contributed by atoms with Crippen LogP contribution in [0.3, 0.4) is 0 Å². The molecular weight excluding hydrogens is 306 g/mol. The zero-order valence-electron chi connectivity index (χ0n) is 11.2. The van der Waals surface area contributed by atoms with Crippen molar-refractivity contribution in [2.75, 3.05) is 20.7 Å². The van der Waals surface area contributed by atoms with E-state index in [9.17, 15) is 13.2 Å². The van der Waals surface area contributed by atoms with Crippen LogP contribution < -0.4 is 4.74 Å². The van der Waals surface area contributed by atoms with E-state index in [0.29, 0.717) is 12.2 Å². The van der Waals surface area contributed by atoms with Gasteiger partial charge in [-0.1, -0.05) is 11.6 Å². The van der Waals surface area contributed by atoms with Gasteiger partial charge in [-0.2, -0.15) is 0 Å². The molecule has 0 heterocycles. The summed E-state index contributed by atoms with van der Waals surface area (Å²) in [6, 6.07) is 4.16. The number of sulfonamides is 1. The first kappa shape index (κ1) is 16.7. The molecule has 0 aliphatic heterocycles. The molecule has 20 heavy (non-hydrogen) atoms. The molecule has 6 nitrogen and oxygen atoms in total. The summed E-state index contributed by atoms with van der Waals surface area (Å²) < 4.78 is 30.2. The molecule has 8 heteroatoms. The Labute approximate surface area is 123 Å². The molecule has 1 aromatic carbocycles. The van der Waals surface area contributed by atoms with Gasteiger partial charge in [-0.25, -0.2) is 12.7 Å². The number of aliphatic carboxylic acids is 1. The zero-order valence-corrected chi connectivity index (χ0v) is 12.7. The van der Waals surface area contributed by atoms with Crippen molar-refractivity contribution in [3.63, 3.8) is 0 Å². The molecule has 1 rings (SSSR count). The quantitative estimate of drug-likeness (QED) is 0.775. The minimum atomic E-state index is -3.54. The summed E-state index contributed by atoms with van der Waals surface area (Å²) in [6.45, 7) is 0.200. The van der Waals surface area contributed by atoms with Crippen molar-refractivity contribution in [1.82, 2.24) is 4.31 Å². The van der Waals surface area contributed by atoms with Crippen LogP contribution in [-0.4, -0.2) is 44.5 Å². The monoisotopic (exact) mass is 321 g/mol. The summed E-state index contributed by atoms with van der Waals surface area (Å²) in [6.07, 6.45) is 0.355. The molecule has 0 atom stereocenters. The number of carboxylic acids is 1. The highest BCUT2D eigenvalue weighted by Gasteiger charge is 2.18. The highest BCUT2D eigenvalue weighted by atomic mass is 35.5. The van der Waals surface area contributed by atoms with Crippen molar-refractivity contribution in [3.8, 4) is 5.75 Å². The van der Waals surface area contributed by atoms with E-state index in [0.717, 1.165) is 4.31 Å². The number of hydrogen-bond donors (Lipinski definition) is 1. The third-order valence-electron chi connectivity index (χ3n) is 2.47. The minimum absolute atomic E-state index is 0.00467. The van der Waals surface area contributed by atoms with Crippen LogP contribution in [0.5, 0.6) is 5.75 Å². The van der Waals surface area contributed by atoms with Gasteiger partial charge < -0.3 is 9.84 Å². The third-order valence-corrected chi connectivity index (χ3v) is 4.58. The van der Waals surface area contributed by atoms with Crippen molar-refractivity contribution in [2.45, 2.75) is 17.7 Å². The second kappa shape index (κ2) is 6.92. The molecule has 0 aromatic heterocycles. The minimum Gasteiger partial charge on any atom is -0.492 e. The van der Waals surface area contributed by atoms with Crippen LogP contribution in [0.4, 0.5) is 0 Å². The predicted octanol–water partition coefficient (Wildman–Crippen LogP) is 1.83. The Bertz CT molecular complexity index is 586. The molecule has 0 aliphatic rings. The lowest BCUT2D eigenvalue weighted by molar-refractivity contribution is -0.137. The van der Waals surface area contributed by atoms with Crippen molar-refractivity contribution < 1.29 is 23.1 Å². The van der Waals surface area contributed by atoms with Crippen molar-refractivity contribution in [2.24, 2.45) is 0 Å². The van der Waals surface area contributed by atoms with E-state index in [1.807, 2.05) is 0 Å². The molecule has 0 spiro atoms. The Morgan fingerprint density at radius 2 is 2.05 bits per heavy atom. The van der Waals surface area contributed by atoms with Crippen LogP contribution in [0.25, 0.3) is 0 Å². The first-order valence-electron chi connectivity index (χ1n) is 5.82. The summed E-state index contributed by atoms with van der Waals surface area (Å²) in [5.41, 5.74) is 0. The van der Waals surface area contributed by atoms with Gasteiger partial charge in [-0.3, -0.25) is 4.79 Å². The van der Waals surface area contributed by atoms with Gasteiger partial charge in [0.1, 0.15) is 5.75 Å². The molecular formula is C12H16ClNO5S. The normalized spacial score (nSPS) is 11.6. The molecule has 112 valence electrons. The van der Waals surface area contributed by atoms with Gasteiger partial charge in [-0.05, 0) is 24.6 Å². The number of carbonyl (C=O) groups is 1.